The van der Waals surface area contributed by atoms with Crippen LogP contribution in [0.3, 0.4) is 0 Å². The standard InChI is InChI=1S/C15H25BrN2O/c1-4-13(17)10-12-6-7-15(14(16)11-12)18(3)8-9-19-5-2/h6-7,11,13H,4-5,8-10,17H2,1-3H3. The Morgan fingerprint density at radius 2 is 2.11 bits per heavy atom. The molecule has 0 fully saturated rings. The van der Waals surface area contributed by atoms with Gasteiger partial charge >= 0.3 is 0 Å². The number of benzene rings is 1. The predicted octanol–water partition coefficient (Wildman–Crippen LogP) is 3.20. The molecule has 0 saturated carbocycles. The van der Waals surface area contributed by atoms with Crippen LogP contribution in [0, 0.1) is 0 Å². The number of halogens is 1. The van der Waals surface area contributed by atoms with E-state index >= 15 is 0 Å². The average molecular weight is 329 g/mol. The topological polar surface area (TPSA) is 38.5 Å². The molecule has 1 unspecified atom stereocenters. The van der Waals surface area contributed by atoms with E-state index in [1.54, 1.807) is 0 Å². The lowest BCUT2D eigenvalue weighted by molar-refractivity contribution is 0.154. The molecule has 0 bridgehead atoms. The maximum Gasteiger partial charge on any atom is 0.0641 e. The normalized spacial score (nSPS) is 12.5. The summed E-state index contributed by atoms with van der Waals surface area (Å²) in [4.78, 5) is 2.20. The number of nitrogens with zero attached hydrogens (tertiary/aromatic N) is 1. The molecule has 4 heteroatoms. The van der Waals surface area contributed by atoms with Crippen LogP contribution < -0.4 is 10.6 Å². The summed E-state index contributed by atoms with van der Waals surface area (Å²) in [6.45, 7) is 6.54. The van der Waals surface area contributed by atoms with Crippen LogP contribution in [0.1, 0.15) is 25.8 Å². The zero-order valence-corrected chi connectivity index (χ0v) is 13.7. The molecule has 1 aromatic rings. The predicted molar refractivity (Wildman–Crippen MR) is 85.9 cm³/mol. The first-order valence-electron chi connectivity index (χ1n) is 6.91. The summed E-state index contributed by atoms with van der Waals surface area (Å²) >= 11 is 3.65. The number of ether oxygens (including phenoxy) is 1. The van der Waals surface area contributed by atoms with Crippen LogP contribution in [0.2, 0.25) is 0 Å². The van der Waals surface area contributed by atoms with Crippen LogP contribution in [0.4, 0.5) is 5.69 Å². The van der Waals surface area contributed by atoms with Crippen molar-refractivity contribution in [3.05, 3.63) is 28.2 Å². The highest BCUT2D eigenvalue weighted by molar-refractivity contribution is 9.10. The minimum absolute atomic E-state index is 0.244. The molecular formula is C15H25BrN2O. The van der Waals surface area contributed by atoms with Crippen LogP contribution in [-0.4, -0.2) is 32.8 Å². The second-order valence-electron chi connectivity index (χ2n) is 4.78. The van der Waals surface area contributed by atoms with Gasteiger partial charge in [0.15, 0.2) is 0 Å². The smallest absolute Gasteiger partial charge is 0.0641 e. The van der Waals surface area contributed by atoms with Crippen molar-refractivity contribution < 1.29 is 4.74 Å². The van der Waals surface area contributed by atoms with Crippen molar-refractivity contribution >= 4 is 21.6 Å². The lowest BCUT2D eigenvalue weighted by Gasteiger charge is -2.21. The minimum Gasteiger partial charge on any atom is -0.380 e. The van der Waals surface area contributed by atoms with Gasteiger partial charge in [-0.2, -0.15) is 0 Å². The molecule has 1 rings (SSSR count). The molecule has 0 aliphatic carbocycles. The zero-order valence-electron chi connectivity index (χ0n) is 12.2. The van der Waals surface area contributed by atoms with Crippen LogP contribution in [0.15, 0.2) is 22.7 Å². The van der Waals surface area contributed by atoms with E-state index in [0.717, 1.165) is 37.1 Å². The fourth-order valence-electron chi connectivity index (χ4n) is 1.90. The number of hydrogen-bond donors (Lipinski definition) is 1. The second kappa shape index (κ2) is 8.56. The van der Waals surface area contributed by atoms with E-state index in [1.807, 2.05) is 6.92 Å². The van der Waals surface area contributed by atoms with E-state index in [0.29, 0.717) is 0 Å². The van der Waals surface area contributed by atoms with Gasteiger partial charge in [-0.05, 0) is 53.4 Å². The van der Waals surface area contributed by atoms with E-state index in [-0.39, 0.29) is 6.04 Å². The lowest BCUT2D eigenvalue weighted by atomic mass is 10.0. The molecule has 0 heterocycles. The Bertz CT molecular complexity index is 384. The van der Waals surface area contributed by atoms with E-state index in [4.69, 9.17) is 10.5 Å². The molecule has 2 N–H and O–H groups in total. The van der Waals surface area contributed by atoms with Gasteiger partial charge in [0.05, 0.1) is 12.3 Å². The number of anilines is 1. The van der Waals surface area contributed by atoms with Crippen molar-refractivity contribution in [2.24, 2.45) is 5.73 Å². The van der Waals surface area contributed by atoms with Gasteiger partial charge in [0.25, 0.3) is 0 Å². The van der Waals surface area contributed by atoms with Gasteiger partial charge in [-0.25, -0.2) is 0 Å². The summed E-state index contributed by atoms with van der Waals surface area (Å²) in [5.74, 6) is 0. The van der Waals surface area contributed by atoms with Crippen molar-refractivity contribution in [1.82, 2.24) is 0 Å². The first-order chi connectivity index (χ1) is 9.08. The lowest BCUT2D eigenvalue weighted by Crippen LogP contribution is -2.23. The summed E-state index contributed by atoms with van der Waals surface area (Å²) in [6.07, 6.45) is 1.94. The summed E-state index contributed by atoms with van der Waals surface area (Å²) in [6, 6.07) is 6.72. The van der Waals surface area contributed by atoms with Crippen molar-refractivity contribution in [2.75, 3.05) is 31.7 Å². The number of likely N-dealkylation sites (N-methyl/N-ethyl adjacent to an activating group) is 1. The monoisotopic (exact) mass is 328 g/mol. The molecule has 3 nitrogen and oxygen atoms in total. The van der Waals surface area contributed by atoms with Crippen LogP contribution in [0.5, 0.6) is 0 Å². The molecule has 19 heavy (non-hydrogen) atoms. The van der Waals surface area contributed by atoms with Gasteiger partial charge < -0.3 is 15.4 Å². The van der Waals surface area contributed by atoms with Crippen LogP contribution >= 0.6 is 15.9 Å². The van der Waals surface area contributed by atoms with E-state index in [1.165, 1.54) is 11.3 Å². The third-order valence-electron chi connectivity index (χ3n) is 3.22. The van der Waals surface area contributed by atoms with Crippen LogP contribution in [0.25, 0.3) is 0 Å². The highest BCUT2D eigenvalue weighted by Crippen LogP contribution is 2.27. The summed E-state index contributed by atoms with van der Waals surface area (Å²) < 4.78 is 6.50. The van der Waals surface area contributed by atoms with Crippen molar-refractivity contribution in [3.8, 4) is 0 Å². The van der Waals surface area contributed by atoms with Gasteiger partial charge in [0, 0.05) is 30.7 Å². The van der Waals surface area contributed by atoms with Gasteiger partial charge in [0.1, 0.15) is 0 Å². The molecule has 108 valence electrons. The Hall–Kier alpha value is -0.580. The molecule has 0 radical (unpaired) electrons. The Kier molecular flexibility index (Phi) is 7.42. The highest BCUT2D eigenvalue weighted by atomic mass is 79.9. The maximum atomic E-state index is 5.99. The van der Waals surface area contributed by atoms with Gasteiger partial charge in [-0.3, -0.25) is 0 Å². The minimum atomic E-state index is 0.244. The second-order valence-corrected chi connectivity index (χ2v) is 5.63. The number of rotatable bonds is 8. The maximum absolute atomic E-state index is 5.99. The highest BCUT2D eigenvalue weighted by Gasteiger charge is 2.08. The fourth-order valence-corrected chi connectivity index (χ4v) is 2.63. The fraction of sp³-hybridized carbons (Fsp3) is 0.600. The molecule has 0 saturated heterocycles. The zero-order chi connectivity index (χ0) is 14.3. The largest absolute Gasteiger partial charge is 0.380 e. The van der Waals surface area contributed by atoms with Crippen LogP contribution in [-0.2, 0) is 11.2 Å². The Balaban J connectivity index is 2.65. The van der Waals surface area contributed by atoms with Crippen molar-refractivity contribution in [2.45, 2.75) is 32.7 Å². The van der Waals surface area contributed by atoms with Gasteiger partial charge in [-0.1, -0.05) is 13.0 Å². The third kappa shape index (κ3) is 5.51. The van der Waals surface area contributed by atoms with E-state index in [9.17, 15) is 0 Å². The van der Waals surface area contributed by atoms with Gasteiger partial charge in [0.2, 0.25) is 0 Å². The molecule has 0 spiro atoms. The summed E-state index contributed by atoms with van der Waals surface area (Å²) in [7, 11) is 2.08. The first kappa shape index (κ1) is 16.5. The Labute approximate surface area is 125 Å². The first-order valence-corrected chi connectivity index (χ1v) is 7.70. The quantitative estimate of drug-likeness (QED) is 0.745. The number of hydrogen-bond acceptors (Lipinski definition) is 3. The van der Waals surface area contributed by atoms with Crippen molar-refractivity contribution in [1.29, 1.82) is 0 Å². The van der Waals surface area contributed by atoms with Crippen molar-refractivity contribution in [3.63, 3.8) is 0 Å². The van der Waals surface area contributed by atoms with E-state index in [2.05, 4.69) is 53.0 Å². The number of nitrogens with two attached hydrogens (primary N) is 1. The molecular weight excluding hydrogens is 304 g/mol. The SMILES string of the molecule is CCOCCN(C)c1ccc(CC(N)CC)cc1Br. The Morgan fingerprint density at radius 3 is 2.68 bits per heavy atom. The molecule has 0 aliphatic heterocycles. The summed E-state index contributed by atoms with van der Waals surface area (Å²) in [5.41, 5.74) is 8.46. The molecule has 0 aromatic heterocycles. The molecule has 1 aromatic carbocycles. The molecule has 0 aliphatic rings. The Morgan fingerprint density at radius 1 is 1.37 bits per heavy atom. The summed E-state index contributed by atoms with van der Waals surface area (Å²) in [5, 5.41) is 0. The average Bonchev–Trinajstić information content (AvgIpc) is 2.38. The molecule has 0 amide bonds. The molecule has 1 atom stereocenters. The van der Waals surface area contributed by atoms with Gasteiger partial charge in [-0.15, -0.1) is 0 Å². The van der Waals surface area contributed by atoms with E-state index < -0.39 is 0 Å². The third-order valence-corrected chi connectivity index (χ3v) is 3.86.